The summed E-state index contributed by atoms with van der Waals surface area (Å²) in [5, 5.41) is 13.6. The highest BCUT2D eigenvalue weighted by Crippen LogP contribution is 2.18. The summed E-state index contributed by atoms with van der Waals surface area (Å²) in [7, 11) is 1.65. The van der Waals surface area contributed by atoms with Crippen LogP contribution in [0.1, 0.15) is 20.8 Å². The van der Waals surface area contributed by atoms with Crippen LogP contribution in [0.5, 0.6) is 0 Å². The molecule has 0 atom stereocenters. The molecule has 0 aliphatic rings. The zero-order chi connectivity index (χ0) is 14.6. The second-order valence-electron chi connectivity index (χ2n) is 5.33. The predicted octanol–water partition coefficient (Wildman–Crippen LogP) is 1.95. The van der Waals surface area contributed by atoms with Gasteiger partial charge in [-0.05, 0) is 32.9 Å². The van der Waals surface area contributed by atoms with E-state index in [0.29, 0.717) is 5.69 Å². The molecule has 0 radical (unpaired) electrons. The van der Waals surface area contributed by atoms with Crippen molar-refractivity contribution in [1.29, 1.82) is 0 Å². The summed E-state index contributed by atoms with van der Waals surface area (Å²) in [4.78, 5) is 23.5. The number of carbonyl (C=O) groups excluding carboxylic acids is 1. The van der Waals surface area contributed by atoms with Crippen molar-refractivity contribution in [1.82, 2.24) is 5.32 Å². The van der Waals surface area contributed by atoms with Crippen molar-refractivity contribution in [3.8, 4) is 0 Å². The van der Waals surface area contributed by atoms with E-state index in [4.69, 9.17) is 0 Å². The first-order chi connectivity index (χ1) is 8.70. The second kappa shape index (κ2) is 5.79. The maximum Gasteiger partial charge on any atom is 0.269 e. The minimum Gasteiger partial charge on any atom is -0.314 e. The molecule has 0 aromatic heterocycles. The Kier molecular flexibility index (Phi) is 4.61. The third-order valence-electron chi connectivity index (χ3n) is 2.59. The van der Waals surface area contributed by atoms with Gasteiger partial charge in [-0.2, -0.15) is 0 Å². The van der Waals surface area contributed by atoms with E-state index >= 15 is 0 Å². The molecule has 0 heterocycles. The van der Waals surface area contributed by atoms with E-state index in [0.717, 1.165) is 0 Å². The molecule has 104 valence electrons. The van der Waals surface area contributed by atoms with Crippen LogP contribution in [-0.2, 0) is 4.79 Å². The van der Waals surface area contributed by atoms with Gasteiger partial charge in [0.15, 0.2) is 0 Å². The smallest absolute Gasteiger partial charge is 0.269 e. The van der Waals surface area contributed by atoms with Crippen LogP contribution in [0, 0.1) is 10.1 Å². The number of hydrogen-bond acceptors (Lipinski definition) is 4. The number of rotatable bonds is 4. The first-order valence-electron chi connectivity index (χ1n) is 5.97. The normalized spacial score (nSPS) is 11.2. The SMILES string of the molecule is CN(C(=O)CNC(C)(C)C)c1ccc([N+](=O)[O-])cc1. The Labute approximate surface area is 112 Å². The molecule has 1 amide bonds. The number of nitrogens with zero attached hydrogens (tertiary/aromatic N) is 2. The van der Waals surface area contributed by atoms with Crippen LogP contribution in [-0.4, -0.2) is 30.0 Å². The first-order valence-corrected chi connectivity index (χ1v) is 5.97. The maximum atomic E-state index is 11.9. The number of non-ortho nitro benzene ring substituents is 1. The highest BCUT2D eigenvalue weighted by atomic mass is 16.6. The average molecular weight is 265 g/mol. The van der Waals surface area contributed by atoms with E-state index in [1.165, 1.54) is 17.0 Å². The van der Waals surface area contributed by atoms with Crippen molar-refractivity contribution in [2.24, 2.45) is 0 Å². The van der Waals surface area contributed by atoms with Gasteiger partial charge >= 0.3 is 0 Å². The van der Waals surface area contributed by atoms with Crippen molar-refractivity contribution < 1.29 is 9.72 Å². The fourth-order valence-corrected chi connectivity index (χ4v) is 1.40. The molecule has 0 bridgehead atoms. The fourth-order valence-electron chi connectivity index (χ4n) is 1.40. The molecule has 1 rings (SSSR count). The Hall–Kier alpha value is -1.95. The van der Waals surface area contributed by atoms with E-state index in [9.17, 15) is 14.9 Å². The molecule has 0 aliphatic carbocycles. The third kappa shape index (κ3) is 4.67. The van der Waals surface area contributed by atoms with E-state index in [-0.39, 0.29) is 23.7 Å². The van der Waals surface area contributed by atoms with Crippen LogP contribution in [0.15, 0.2) is 24.3 Å². The Morgan fingerprint density at radius 2 is 1.84 bits per heavy atom. The lowest BCUT2D eigenvalue weighted by Crippen LogP contribution is -2.43. The average Bonchev–Trinajstić information content (AvgIpc) is 2.34. The van der Waals surface area contributed by atoms with E-state index < -0.39 is 4.92 Å². The van der Waals surface area contributed by atoms with Gasteiger partial charge in [-0.1, -0.05) is 0 Å². The van der Waals surface area contributed by atoms with Gasteiger partial charge in [0.1, 0.15) is 0 Å². The lowest BCUT2D eigenvalue weighted by Gasteiger charge is -2.23. The predicted molar refractivity (Wildman–Crippen MR) is 74.3 cm³/mol. The molecule has 6 nitrogen and oxygen atoms in total. The molecule has 6 heteroatoms. The van der Waals surface area contributed by atoms with Crippen LogP contribution < -0.4 is 10.2 Å². The highest BCUT2D eigenvalue weighted by molar-refractivity contribution is 5.94. The fraction of sp³-hybridized carbons (Fsp3) is 0.462. The molecule has 0 fully saturated rings. The van der Waals surface area contributed by atoms with Gasteiger partial charge in [-0.15, -0.1) is 0 Å². The van der Waals surface area contributed by atoms with Crippen molar-refractivity contribution in [3.63, 3.8) is 0 Å². The van der Waals surface area contributed by atoms with Gasteiger partial charge in [0.25, 0.3) is 5.69 Å². The first kappa shape index (κ1) is 15.1. The molecule has 0 spiro atoms. The number of nitro groups is 1. The Morgan fingerprint density at radius 3 is 2.26 bits per heavy atom. The van der Waals surface area contributed by atoms with Crippen LogP contribution in [0.3, 0.4) is 0 Å². The van der Waals surface area contributed by atoms with E-state index in [1.807, 2.05) is 20.8 Å². The van der Waals surface area contributed by atoms with E-state index in [1.54, 1.807) is 19.2 Å². The largest absolute Gasteiger partial charge is 0.314 e. The zero-order valence-electron chi connectivity index (χ0n) is 11.6. The molecule has 1 aromatic carbocycles. The summed E-state index contributed by atoms with van der Waals surface area (Å²) in [5.41, 5.74) is 0.509. The van der Waals surface area contributed by atoms with Crippen LogP contribution in [0.2, 0.25) is 0 Å². The molecular formula is C13H19N3O3. The van der Waals surface area contributed by atoms with Crippen molar-refractivity contribution >= 4 is 17.3 Å². The van der Waals surface area contributed by atoms with Gasteiger partial charge in [0.05, 0.1) is 11.5 Å². The molecule has 0 saturated carbocycles. The molecule has 19 heavy (non-hydrogen) atoms. The second-order valence-corrected chi connectivity index (χ2v) is 5.33. The topological polar surface area (TPSA) is 75.5 Å². The number of nitrogens with one attached hydrogen (secondary N) is 1. The standard InChI is InChI=1S/C13H19N3O3/c1-13(2,3)14-9-12(17)15(4)10-5-7-11(8-6-10)16(18)19/h5-8,14H,9H2,1-4H3. The van der Waals surface area contributed by atoms with Crippen LogP contribution >= 0.6 is 0 Å². The number of anilines is 1. The van der Waals surface area contributed by atoms with Crippen molar-refractivity contribution in [2.45, 2.75) is 26.3 Å². The summed E-state index contributed by atoms with van der Waals surface area (Å²) in [6, 6.07) is 5.90. The Bertz CT molecular complexity index is 463. The minimum absolute atomic E-state index is 0.0115. The Morgan fingerprint density at radius 1 is 1.32 bits per heavy atom. The van der Waals surface area contributed by atoms with E-state index in [2.05, 4.69) is 5.32 Å². The minimum atomic E-state index is -0.466. The molecule has 1 N–H and O–H groups in total. The number of hydrogen-bond donors (Lipinski definition) is 1. The molecule has 1 aromatic rings. The summed E-state index contributed by atoms with van der Waals surface area (Å²) < 4.78 is 0. The number of carbonyl (C=O) groups is 1. The lowest BCUT2D eigenvalue weighted by molar-refractivity contribution is -0.384. The number of amides is 1. The van der Waals surface area contributed by atoms with Crippen LogP contribution in [0.4, 0.5) is 11.4 Å². The summed E-state index contributed by atoms with van der Waals surface area (Å²) in [5.74, 6) is -0.0937. The van der Waals surface area contributed by atoms with Gasteiger partial charge in [0, 0.05) is 30.4 Å². The zero-order valence-corrected chi connectivity index (χ0v) is 11.6. The van der Waals surface area contributed by atoms with Gasteiger partial charge in [-0.3, -0.25) is 14.9 Å². The van der Waals surface area contributed by atoms with Gasteiger partial charge in [0.2, 0.25) is 5.91 Å². The number of benzene rings is 1. The summed E-state index contributed by atoms with van der Waals surface area (Å²) in [6.07, 6.45) is 0. The van der Waals surface area contributed by atoms with Gasteiger partial charge < -0.3 is 10.2 Å². The quantitative estimate of drug-likeness (QED) is 0.667. The van der Waals surface area contributed by atoms with Crippen molar-refractivity contribution in [3.05, 3.63) is 34.4 Å². The number of nitro benzene ring substituents is 1. The van der Waals surface area contributed by atoms with Crippen LogP contribution in [0.25, 0.3) is 0 Å². The molecular weight excluding hydrogens is 246 g/mol. The maximum absolute atomic E-state index is 11.9. The molecule has 0 saturated heterocycles. The third-order valence-corrected chi connectivity index (χ3v) is 2.59. The van der Waals surface area contributed by atoms with Gasteiger partial charge in [-0.25, -0.2) is 0 Å². The molecule has 0 aliphatic heterocycles. The highest BCUT2D eigenvalue weighted by Gasteiger charge is 2.16. The number of likely N-dealkylation sites (N-methyl/N-ethyl adjacent to an activating group) is 1. The summed E-state index contributed by atoms with van der Waals surface area (Å²) in [6.45, 7) is 6.15. The Balaban J connectivity index is 2.69. The monoisotopic (exact) mass is 265 g/mol. The lowest BCUT2D eigenvalue weighted by atomic mass is 10.1. The molecule has 0 unspecified atom stereocenters. The van der Waals surface area contributed by atoms with Crippen molar-refractivity contribution in [2.75, 3.05) is 18.5 Å². The summed E-state index contributed by atoms with van der Waals surface area (Å²) >= 11 is 0.